The molecule has 0 saturated carbocycles. The van der Waals surface area contributed by atoms with Crippen molar-refractivity contribution in [2.45, 2.75) is 38.4 Å². The van der Waals surface area contributed by atoms with Crippen molar-refractivity contribution in [3.63, 3.8) is 0 Å². The maximum absolute atomic E-state index is 13.2. The van der Waals surface area contributed by atoms with Gasteiger partial charge in [-0.3, -0.25) is 9.69 Å². The molecule has 1 saturated heterocycles. The van der Waals surface area contributed by atoms with Crippen LogP contribution in [0.5, 0.6) is 0 Å². The molecule has 1 aliphatic rings. The summed E-state index contributed by atoms with van der Waals surface area (Å²) in [5.74, 6) is 0.620. The molecule has 1 aliphatic heterocycles. The van der Waals surface area contributed by atoms with E-state index in [0.717, 1.165) is 31.1 Å². The Morgan fingerprint density at radius 2 is 2.08 bits per heavy atom. The lowest BCUT2D eigenvalue weighted by Crippen LogP contribution is -2.35. The second-order valence-corrected chi connectivity index (χ2v) is 6.48. The van der Waals surface area contributed by atoms with Crippen molar-refractivity contribution in [1.82, 2.24) is 14.9 Å². The van der Waals surface area contributed by atoms with Gasteiger partial charge in [-0.2, -0.15) is 13.2 Å². The van der Waals surface area contributed by atoms with Gasteiger partial charge in [0.05, 0.1) is 11.3 Å². The van der Waals surface area contributed by atoms with Gasteiger partial charge in [-0.1, -0.05) is 18.2 Å². The van der Waals surface area contributed by atoms with E-state index in [9.17, 15) is 18.0 Å². The fourth-order valence-corrected chi connectivity index (χ4v) is 3.43. The molecule has 2 aromatic rings. The largest absolute Gasteiger partial charge is 0.416 e. The fourth-order valence-electron chi connectivity index (χ4n) is 3.43. The van der Waals surface area contributed by atoms with Gasteiger partial charge in [0.15, 0.2) is 0 Å². The van der Waals surface area contributed by atoms with E-state index in [1.807, 2.05) is 4.90 Å². The van der Waals surface area contributed by atoms with Crippen molar-refractivity contribution >= 4 is 0 Å². The maximum atomic E-state index is 13.2. The number of aromatic amines is 1. The third-order valence-electron chi connectivity index (χ3n) is 4.52. The molecule has 1 atom stereocenters. The highest BCUT2D eigenvalue weighted by atomic mass is 19.4. The third-order valence-corrected chi connectivity index (χ3v) is 4.52. The number of nitrogens with zero attached hydrogens (tertiary/aromatic N) is 2. The van der Waals surface area contributed by atoms with Crippen molar-refractivity contribution < 1.29 is 13.2 Å². The highest BCUT2D eigenvalue weighted by molar-refractivity contribution is 5.29. The average Bonchev–Trinajstić information content (AvgIpc) is 2.54. The van der Waals surface area contributed by atoms with E-state index in [4.69, 9.17) is 0 Å². The number of aromatic nitrogens is 2. The highest BCUT2D eigenvalue weighted by Gasteiger charge is 2.33. The molecule has 1 fully saturated rings. The van der Waals surface area contributed by atoms with Crippen LogP contribution >= 0.6 is 0 Å². The fraction of sp³-hybridized carbons (Fsp3) is 0.444. The second-order valence-electron chi connectivity index (χ2n) is 6.48. The van der Waals surface area contributed by atoms with Crippen molar-refractivity contribution in [2.24, 2.45) is 0 Å². The molecule has 0 spiro atoms. The minimum atomic E-state index is -4.35. The summed E-state index contributed by atoms with van der Waals surface area (Å²) in [6, 6.07) is 7.19. The molecule has 2 heterocycles. The molecule has 25 heavy (non-hydrogen) atoms. The van der Waals surface area contributed by atoms with Gasteiger partial charge in [0.1, 0.15) is 5.82 Å². The number of piperidine rings is 1. The maximum Gasteiger partial charge on any atom is 0.416 e. The standard InChI is InChI=1S/C18H20F3N3O/c1-12-22-16(9-17(25)23-12)14-6-4-8-24(11-14)10-13-5-2-3-7-15(13)18(19,20)21/h2-3,5,7,9,14H,4,6,8,10-11H2,1H3,(H,22,23,25)/t14-/m1/s1. The zero-order valence-electron chi connectivity index (χ0n) is 13.9. The number of nitrogens with one attached hydrogen (secondary N) is 1. The van der Waals surface area contributed by atoms with E-state index in [-0.39, 0.29) is 23.6 Å². The van der Waals surface area contributed by atoms with Crippen molar-refractivity contribution in [3.8, 4) is 0 Å². The quantitative estimate of drug-likeness (QED) is 0.921. The first-order valence-corrected chi connectivity index (χ1v) is 8.28. The summed E-state index contributed by atoms with van der Waals surface area (Å²) >= 11 is 0. The lowest BCUT2D eigenvalue weighted by atomic mass is 9.93. The van der Waals surface area contributed by atoms with E-state index >= 15 is 0 Å². The zero-order chi connectivity index (χ0) is 18.0. The molecule has 7 heteroatoms. The predicted molar refractivity (Wildman–Crippen MR) is 88.3 cm³/mol. The Hall–Kier alpha value is -2.15. The van der Waals surface area contributed by atoms with E-state index in [0.29, 0.717) is 12.4 Å². The molecular weight excluding hydrogens is 331 g/mol. The monoisotopic (exact) mass is 351 g/mol. The van der Waals surface area contributed by atoms with E-state index < -0.39 is 11.7 Å². The summed E-state index contributed by atoms with van der Waals surface area (Å²) in [6.07, 6.45) is -2.60. The van der Waals surface area contributed by atoms with Crippen LogP contribution in [-0.4, -0.2) is 28.0 Å². The van der Waals surface area contributed by atoms with Crippen LogP contribution < -0.4 is 5.56 Å². The lowest BCUT2D eigenvalue weighted by Gasteiger charge is -2.33. The van der Waals surface area contributed by atoms with Gasteiger partial charge in [0, 0.05) is 25.1 Å². The van der Waals surface area contributed by atoms with Crippen LogP contribution in [0.1, 0.15) is 41.4 Å². The van der Waals surface area contributed by atoms with Gasteiger partial charge in [0.2, 0.25) is 0 Å². The smallest absolute Gasteiger partial charge is 0.311 e. The van der Waals surface area contributed by atoms with Crippen molar-refractivity contribution in [3.05, 3.63) is 63.3 Å². The van der Waals surface area contributed by atoms with Crippen LogP contribution in [0.4, 0.5) is 13.2 Å². The molecule has 0 radical (unpaired) electrons. The molecule has 3 rings (SSSR count). The summed E-state index contributed by atoms with van der Waals surface area (Å²) in [5, 5.41) is 0. The number of hydrogen-bond acceptors (Lipinski definition) is 3. The Balaban J connectivity index is 1.78. The number of benzene rings is 1. The number of halogens is 3. The van der Waals surface area contributed by atoms with Crippen molar-refractivity contribution in [1.29, 1.82) is 0 Å². The topological polar surface area (TPSA) is 49.0 Å². The third kappa shape index (κ3) is 4.28. The molecule has 134 valence electrons. The van der Waals surface area contributed by atoms with E-state index in [2.05, 4.69) is 9.97 Å². The Bertz CT molecular complexity index is 801. The Labute approximate surface area is 143 Å². The first kappa shape index (κ1) is 17.7. The van der Waals surface area contributed by atoms with Crippen LogP contribution in [0.2, 0.25) is 0 Å². The zero-order valence-corrected chi connectivity index (χ0v) is 13.9. The van der Waals surface area contributed by atoms with Gasteiger partial charge < -0.3 is 4.98 Å². The van der Waals surface area contributed by atoms with Crippen molar-refractivity contribution in [2.75, 3.05) is 13.1 Å². The van der Waals surface area contributed by atoms with Gasteiger partial charge in [-0.25, -0.2) is 4.98 Å². The number of rotatable bonds is 3. The number of aryl methyl sites for hydroxylation is 1. The van der Waals surface area contributed by atoms with E-state index in [1.54, 1.807) is 13.0 Å². The van der Waals surface area contributed by atoms with Crippen LogP contribution in [0.25, 0.3) is 0 Å². The summed E-state index contributed by atoms with van der Waals surface area (Å²) < 4.78 is 39.5. The Morgan fingerprint density at radius 3 is 2.80 bits per heavy atom. The number of likely N-dealkylation sites (tertiary alicyclic amines) is 1. The molecule has 0 aliphatic carbocycles. The van der Waals surface area contributed by atoms with Gasteiger partial charge in [-0.15, -0.1) is 0 Å². The summed E-state index contributed by atoms with van der Waals surface area (Å²) in [6.45, 7) is 3.31. The summed E-state index contributed by atoms with van der Waals surface area (Å²) in [4.78, 5) is 20.7. The normalized spacial score (nSPS) is 19.1. The first-order chi connectivity index (χ1) is 11.8. The predicted octanol–water partition coefficient (Wildman–Crippen LogP) is 3.48. The van der Waals surface area contributed by atoms with Gasteiger partial charge in [-0.05, 0) is 37.9 Å². The molecule has 1 aromatic heterocycles. The minimum absolute atomic E-state index is 0.0628. The SMILES string of the molecule is Cc1nc([C@@H]2CCCN(Cc3ccccc3C(F)(F)F)C2)cc(=O)[nH]1. The number of H-pyrrole nitrogens is 1. The van der Waals surface area contributed by atoms with Crippen LogP contribution in [0.15, 0.2) is 35.1 Å². The molecule has 4 nitrogen and oxygen atoms in total. The van der Waals surface area contributed by atoms with Gasteiger partial charge >= 0.3 is 6.18 Å². The molecular formula is C18H20F3N3O. The van der Waals surface area contributed by atoms with Crippen LogP contribution in [0, 0.1) is 6.92 Å². The molecule has 0 unspecified atom stereocenters. The van der Waals surface area contributed by atoms with Gasteiger partial charge in [0.25, 0.3) is 5.56 Å². The lowest BCUT2D eigenvalue weighted by molar-refractivity contribution is -0.138. The molecule has 1 aromatic carbocycles. The molecule has 0 bridgehead atoms. The minimum Gasteiger partial charge on any atom is -0.311 e. The molecule has 1 N–H and O–H groups in total. The molecule has 0 amide bonds. The van der Waals surface area contributed by atoms with Crippen LogP contribution in [-0.2, 0) is 12.7 Å². The van der Waals surface area contributed by atoms with E-state index in [1.165, 1.54) is 18.2 Å². The summed E-state index contributed by atoms with van der Waals surface area (Å²) in [7, 11) is 0. The van der Waals surface area contributed by atoms with Crippen LogP contribution in [0.3, 0.4) is 0 Å². The number of alkyl halides is 3. The Kier molecular flexibility index (Phi) is 4.94. The number of hydrogen-bond donors (Lipinski definition) is 1. The Morgan fingerprint density at radius 1 is 1.32 bits per heavy atom. The highest BCUT2D eigenvalue weighted by Crippen LogP contribution is 2.33. The second kappa shape index (κ2) is 7.00. The summed E-state index contributed by atoms with van der Waals surface area (Å²) in [5.41, 5.74) is 0.227. The first-order valence-electron chi connectivity index (χ1n) is 8.28. The average molecular weight is 351 g/mol.